The monoisotopic (exact) mass is 181 g/mol. The summed E-state index contributed by atoms with van der Waals surface area (Å²) in [7, 11) is 0. The summed E-state index contributed by atoms with van der Waals surface area (Å²) in [4.78, 5) is 4.23. The molecule has 4 nitrogen and oxygen atoms in total. The van der Waals surface area contributed by atoms with Gasteiger partial charge in [-0.15, -0.1) is 11.3 Å². The zero-order valence-electron chi connectivity index (χ0n) is 6.44. The maximum Gasteiger partial charge on any atom is 0.222 e. The van der Waals surface area contributed by atoms with Gasteiger partial charge in [-0.2, -0.15) is 0 Å². The molecule has 0 bridgehead atoms. The van der Waals surface area contributed by atoms with E-state index in [0.717, 1.165) is 10.7 Å². The minimum absolute atomic E-state index is 0.317. The van der Waals surface area contributed by atoms with Gasteiger partial charge in [0.05, 0.1) is 0 Å². The van der Waals surface area contributed by atoms with E-state index in [1.807, 2.05) is 12.3 Å². The molecule has 2 rings (SSSR count). The van der Waals surface area contributed by atoms with Gasteiger partial charge >= 0.3 is 0 Å². The molecule has 12 heavy (non-hydrogen) atoms. The van der Waals surface area contributed by atoms with E-state index in [4.69, 9.17) is 10.3 Å². The van der Waals surface area contributed by atoms with Crippen molar-refractivity contribution in [1.29, 1.82) is 0 Å². The second kappa shape index (κ2) is 2.60. The normalized spacial score (nSPS) is 10.4. The molecule has 0 saturated heterocycles. The van der Waals surface area contributed by atoms with Crippen LogP contribution in [-0.4, -0.2) is 10.1 Å². The van der Waals surface area contributed by atoms with Crippen molar-refractivity contribution in [1.82, 2.24) is 10.1 Å². The van der Waals surface area contributed by atoms with Gasteiger partial charge in [0.25, 0.3) is 0 Å². The fourth-order valence-electron chi connectivity index (χ4n) is 0.862. The number of anilines is 1. The van der Waals surface area contributed by atoms with Crippen LogP contribution in [0.3, 0.4) is 0 Å². The molecule has 0 amide bonds. The molecule has 0 unspecified atom stereocenters. The van der Waals surface area contributed by atoms with Gasteiger partial charge in [-0.3, -0.25) is 0 Å². The molecule has 0 atom stereocenters. The van der Waals surface area contributed by atoms with Crippen molar-refractivity contribution in [3.05, 3.63) is 17.1 Å². The Kier molecular flexibility index (Phi) is 1.58. The Bertz CT molecular complexity index is 355. The molecule has 0 aliphatic heterocycles. The molecule has 0 fully saturated rings. The Hall–Kier alpha value is -1.36. The SMILES string of the molecule is Cc1csc(-c2cc(N)on2)n1. The Morgan fingerprint density at radius 3 is 2.92 bits per heavy atom. The van der Waals surface area contributed by atoms with E-state index >= 15 is 0 Å². The molecule has 0 aromatic carbocycles. The molecule has 62 valence electrons. The molecule has 0 aliphatic carbocycles. The Labute approximate surface area is 73.0 Å². The Morgan fingerprint density at radius 1 is 1.58 bits per heavy atom. The quantitative estimate of drug-likeness (QED) is 0.727. The minimum atomic E-state index is 0.317. The molecule has 0 aliphatic rings. The average Bonchev–Trinajstić information content (AvgIpc) is 2.58. The number of hydrogen-bond acceptors (Lipinski definition) is 5. The first-order chi connectivity index (χ1) is 5.75. The highest BCUT2D eigenvalue weighted by Gasteiger charge is 2.06. The van der Waals surface area contributed by atoms with E-state index in [9.17, 15) is 0 Å². The number of aryl methyl sites for hydroxylation is 1. The number of nitrogens with two attached hydrogens (primary N) is 1. The molecule has 0 saturated carbocycles. The van der Waals surface area contributed by atoms with Crippen LogP contribution in [0.1, 0.15) is 5.69 Å². The summed E-state index contributed by atoms with van der Waals surface area (Å²) < 4.78 is 4.72. The Balaban J connectivity index is 2.43. The second-order valence-corrected chi connectivity index (χ2v) is 3.27. The smallest absolute Gasteiger partial charge is 0.222 e. The van der Waals surface area contributed by atoms with Gasteiger partial charge in [0, 0.05) is 17.1 Å². The van der Waals surface area contributed by atoms with Crippen LogP contribution < -0.4 is 5.73 Å². The topological polar surface area (TPSA) is 64.9 Å². The summed E-state index contributed by atoms with van der Waals surface area (Å²) in [6, 6.07) is 1.66. The van der Waals surface area contributed by atoms with Crippen LogP contribution in [0.15, 0.2) is 16.0 Å². The third-order valence-electron chi connectivity index (χ3n) is 1.37. The van der Waals surface area contributed by atoms with Crippen LogP contribution in [0, 0.1) is 6.92 Å². The first-order valence-corrected chi connectivity index (χ1v) is 4.28. The van der Waals surface area contributed by atoms with Gasteiger partial charge in [-0.25, -0.2) is 4.98 Å². The van der Waals surface area contributed by atoms with Crippen LogP contribution in [-0.2, 0) is 0 Å². The molecule has 0 spiro atoms. The van der Waals surface area contributed by atoms with Crippen LogP contribution in [0.5, 0.6) is 0 Å². The summed E-state index contributed by atoms with van der Waals surface area (Å²) in [6.45, 7) is 1.93. The molecule has 2 aromatic rings. The fourth-order valence-corrected chi connectivity index (χ4v) is 1.61. The first kappa shape index (κ1) is 7.30. The van der Waals surface area contributed by atoms with Crippen molar-refractivity contribution >= 4 is 17.2 Å². The van der Waals surface area contributed by atoms with Crippen LogP contribution in [0.2, 0.25) is 0 Å². The summed E-state index contributed by atoms with van der Waals surface area (Å²) in [5, 5.41) is 6.55. The van der Waals surface area contributed by atoms with Gasteiger partial charge in [0.1, 0.15) is 10.7 Å². The standard InChI is InChI=1S/C7H7N3OS/c1-4-3-12-7(9-4)5-2-6(8)11-10-5/h2-3H,8H2,1H3. The zero-order valence-corrected chi connectivity index (χ0v) is 7.26. The van der Waals surface area contributed by atoms with Crippen LogP contribution in [0.25, 0.3) is 10.7 Å². The maximum absolute atomic E-state index is 5.37. The lowest BCUT2D eigenvalue weighted by atomic mass is 10.4. The fraction of sp³-hybridized carbons (Fsp3) is 0.143. The summed E-state index contributed by atoms with van der Waals surface area (Å²) >= 11 is 1.53. The Morgan fingerprint density at radius 2 is 2.42 bits per heavy atom. The summed E-state index contributed by atoms with van der Waals surface area (Å²) in [5.74, 6) is 0.317. The van der Waals surface area contributed by atoms with Crippen molar-refractivity contribution in [3.8, 4) is 10.7 Å². The minimum Gasteiger partial charge on any atom is -0.368 e. The third kappa shape index (κ3) is 1.18. The van der Waals surface area contributed by atoms with E-state index in [-0.39, 0.29) is 0 Å². The summed E-state index contributed by atoms with van der Waals surface area (Å²) in [5.41, 5.74) is 7.05. The van der Waals surface area contributed by atoms with Crippen molar-refractivity contribution in [2.24, 2.45) is 0 Å². The maximum atomic E-state index is 5.37. The lowest BCUT2D eigenvalue weighted by molar-refractivity contribution is 0.439. The number of thiazole rings is 1. The van der Waals surface area contributed by atoms with Crippen molar-refractivity contribution in [3.63, 3.8) is 0 Å². The van der Waals surface area contributed by atoms with Gasteiger partial charge < -0.3 is 10.3 Å². The van der Waals surface area contributed by atoms with E-state index in [0.29, 0.717) is 11.6 Å². The number of hydrogen-bond donors (Lipinski definition) is 1. The van der Waals surface area contributed by atoms with Crippen molar-refractivity contribution < 1.29 is 4.52 Å². The third-order valence-corrected chi connectivity index (χ3v) is 2.35. The van der Waals surface area contributed by atoms with Crippen molar-refractivity contribution in [2.75, 3.05) is 5.73 Å². The van der Waals surface area contributed by atoms with Gasteiger partial charge in [-0.05, 0) is 6.92 Å². The molecule has 0 radical (unpaired) electrons. The number of aromatic nitrogens is 2. The zero-order chi connectivity index (χ0) is 8.55. The van der Waals surface area contributed by atoms with Gasteiger partial charge in [0.15, 0.2) is 0 Å². The largest absolute Gasteiger partial charge is 0.368 e. The highest BCUT2D eigenvalue weighted by Crippen LogP contribution is 2.23. The highest BCUT2D eigenvalue weighted by molar-refractivity contribution is 7.13. The predicted molar refractivity (Wildman–Crippen MR) is 46.8 cm³/mol. The van der Waals surface area contributed by atoms with Crippen LogP contribution in [0.4, 0.5) is 5.88 Å². The molecular formula is C7H7N3OS. The number of rotatable bonds is 1. The van der Waals surface area contributed by atoms with E-state index < -0.39 is 0 Å². The average molecular weight is 181 g/mol. The molecular weight excluding hydrogens is 174 g/mol. The number of nitrogen functional groups attached to an aromatic ring is 1. The van der Waals surface area contributed by atoms with E-state index in [2.05, 4.69) is 10.1 Å². The van der Waals surface area contributed by atoms with E-state index in [1.54, 1.807) is 6.07 Å². The van der Waals surface area contributed by atoms with Crippen molar-refractivity contribution in [2.45, 2.75) is 6.92 Å². The molecule has 2 heterocycles. The lowest BCUT2D eigenvalue weighted by Gasteiger charge is -1.81. The second-order valence-electron chi connectivity index (χ2n) is 2.41. The predicted octanol–water partition coefficient (Wildman–Crippen LogP) is 1.69. The molecule has 2 N–H and O–H groups in total. The summed E-state index contributed by atoms with van der Waals surface area (Å²) in [6.07, 6.45) is 0. The molecule has 5 heteroatoms. The highest BCUT2D eigenvalue weighted by atomic mass is 32.1. The van der Waals surface area contributed by atoms with Gasteiger partial charge in [-0.1, -0.05) is 5.16 Å². The van der Waals surface area contributed by atoms with Crippen LogP contribution >= 0.6 is 11.3 Å². The van der Waals surface area contributed by atoms with Gasteiger partial charge in [0.2, 0.25) is 5.88 Å². The number of nitrogens with zero attached hydrogens (tertiary/aromatic N) is 2. The molecule has 2 aromatic heterocycles. The lowest BCUT2D eigenvalue weighted by Crippen LogP contribution is -1.76. The van der Waals surface area contributed by atoms with E-state index in [1.165, 1.54) is 11.3 Å². The first-order valence-electron chi connectivity index (χ1n) is 3.40.